The highest BCUT2D eigenvalue weighted by Gasteiger charge is 2.10. The smallest absolute Gasteiger partial charge is 0.255 e. The van der Waals surface area contributed by atoms with Crippen LogP contribution in [-0.4, -0.2) is 17.6 Å². The van der Waals surface area contributed by atoms with Crippen LogP contribution in [0.4, 0.5) is 0 Å². The van der Waals surface area contributed by atoms with Crippen molar-refractivity contribution < 1.29 is 9.90 Å². The summed E-state index contributed by atoms with van der Waals surface area (Å²) in [6, 6.07) is 4.38. The molecule has 1 aromatic carbocycles. The van der Waals surface area contributed by atoms with Crippen LogP contribution in [0.5, 0.6) is 5.75 Å². The van der Waals surface area contributed by atoms with Crippen LogP contribution in [0.3, 0.4) is 0 Å². The van der Waals surface area contributed by atoms with E-state index in [9.17, 15) is 9.90 Å². The third kappa shape index (κ3) is 3.48. The molecule has 0 heterocycles. The normalized spacial score (nSPS) is 9.12. The number of phenolic OH excluding ortho intramolecular Hbond substituents is 1. The fourth-order valence-corrected chi connectivity index (χ4v) is 1.32. The number of amides is 1. The van der Waals surface area contributed by atoms with Gasteiger partial charge in [0.2, 0.25) is 0 Å². The molecule has 16 heavy (non-hydrogen) atoms. The fourth-order valence-electron chi connectivity index (χ4n) is 1.16. The lowest BCUT2D eigenvalue weighted by Crippen LogP contribution is -2.24. The quantitative estimate of drug-likeness (QED) is 0.626. The van der Waals surface area contributed by atoms with Gasteiger partial charge in [-0.2, -0.15) is 0 Å². The number of benzene rings is 1. The van der Waals surface area contributed by atoms with Crippen LogP contribution in [-0.2, 0) is 0 Å². The first kappa shape index (κ1) is 12.4. The maximum absolute atomic E-state index is 11.6. The maximum Gasteiger partial charge on any atom is 0.255 e. The Labute approximate surface area is 99.4 Å². The molecule has 0 aliphatic carbocycles. The Hall–Kier alpha value is -1.66. The van der Waals surface area contributed by atoms with Crippen molar-refractivity contribution in [1.82, 2.24) is 5.32 Å². The highest BCUT2D eigenvalue weighted by molar-refractivity contribution is 6.30. The molecule has 0 aliphatic heterocycles. The third-order valence-electron chi connectivity index (χ3n) is 1.92. The molecule has 2 N–H and O–H groups in total. The molecule has 1 rings (SSSR count). The third-order valence-corrected chi connectivity index (χ3v) is 2.15. The van der Waals surface area contributed by atoms with E-state index in [2.05, 4.69) is 17.2 Å². The number of rotatable bonds is 3. The Bertz CT molecular complexity index is 446. The largest absolute Gasteiger partial charge is 0.507 e. The number of halogens is 1. The van der Waals surface area contributed by atoms with Crippen LogP contribution < -0.4 is 5.32 Å². The van der Waals surface area contributed by atoms with Gasteiger partial charge in [-0.15, -0.1) is 11.8 Å². The molecule has 0 aromatic heterocycles. The number of hydrogen-bond acceptors (Lipinski definition) is 2. The molecule has 0 aliphatic rings. The lowest BCUT2D eigenvalue weighted by molar-refractivity contribution is 0.0952. The van der Waals surface area contributed by atoms with Crippen LogP contribution in [0.1, 0.15) is 23.7 Å². The van der Waals surface area contributed by atoms with E-state index in [0.717, 1.165) is 0 Å². The van der Waals surface area contributed by atoms with Gasteiger partial charge < -0.3 is 10.4 Å². The summed E-state index contributed by atoms with van der Waals surface area (Å²) in [5, 5.41) is 12.5. The minimum absolute atomic E-state index is 0.119. The Balaban J connectivity index is 2.61. The molecule has 0 fully saturated rings. The van der Waals surface area contributed by atoms with Crippen molar-refractivity contribution in [3.8, 4) is 17.6 Å². The van der Waals surface area contributed by atoms with Gasteiger partial charge in [-0.05, 0) is 25.1 Å². The number of aromatic hydroxyl groups is 1. The molecule has 0 atom stereocenters. The molecular formula is C12H12ClNO2. The molecular weight excluding hydrogens is 226 g/mol. The van der Waals surface area contributed by atoms with E-state index < -0.39 is 0 Å². The number of carbonyl (C=O) groups excluding carboxylic acids is 1. The molecule has 0 saturated carbocycles. The summed E-state index contributed by atoms with van der Waals surface area (Å²) in [6.45, 7) is 2.20. The summed E-state index contributed by atoms with van der Waals surface area (Å²) in [5.74, 6) is 5.12. The first-order valence-corrected chi connectivity index (χ1v) is 5.19. The summed E-state index contributed by atoms with van der Waals surface area (Å²) < 4.78 is 0. The van der Waals surface area contributed by atoms with E-state index in [-0.39, 0.29) is 17.2 Å². The molecule has 3 nitrogen and oxygen atoms in total. The van der Waals surface area contributed by atoms with E-state index in [0.29, 0.717) is 18.0 Å². The molecule has 0 spiro atoms. The molecule has 0 radical (unpaired) electrons. The second kappa shape index (κ2) is 6.04. The number of carbonyl (C=O) groups is 1. The highest BCUT2D eigenvalue weighted by atomic mass is 35.5. The van der Waals surface area contributed by atoms with E-state index in [1.807, 2.05) is 0 Å². The van der Waals surface area contributed by atoms with Gasteiger partial charge in [0, 0.05) is 18.0 Å². The van der Waals surface area contributed by atoms with Crippen LogP contribution in [0.2, 0.25) is 5.02 Å². The summed E-state index contributed by atoms with van der Waals surface area (Å²) in [4.78, 5) is 11.6. The lowest BCUT2D eigenvalue weighted by atomic mass is 10.2. The van der Waals surface area contributed by atoms with E-state index in [1.54, 1.807) is 13.0 Å². The number of hydrogen-bond donors (Lipinski definition) is 2. The zero-order valence-electron chi connectivity index (χ0n) is 8.88. The van der Waals surface area contributed by atoms with Gasteiger partial charge in [-0.3, -0.25) is 4.79 Å². The van der Waals surface area contributed by atoms with Crippen LogP contribution in [0.15, 0.2) is 18.2 Å². The SMILES string of the molecule is CC#CCCNC(=O)c1ccc(Cl)cc1O. The predicted octanol–water partition coefficient (Wildman–Crippen LogP) is 2.19. The van der Waals surface area contributed by atoms with Crippen molar-refractivity contribution in [2.45, 2.75) is 13.3 Å². The topological polar surface area (TPSA) is 49.3 Å². The van der Waals surface area contributed by atoms with Crippen molar-refractivity contribution in [2.24, 2.45) is 0 Å². The first-order valence-electron chi connectivity index (χ1n) is 4.81. The van der Waals surface area contributed by atoms with Crippen LogP contribution >= 0.6 is 11.6 Å². The second-order valence-electron chi connectivity index (χ2n) is 3.09. The fraction of sp³-hybridized carbons (Fsp3) is 0.250. The molecule has 0 saturated heterocycles. The summed E-state index contributed by atoms with van der Waals surface area (Å²) in [7, 11) is 0. The van der Waals surface area contributed by atoms with Gasteiger partial charge >= 0.3 is 0 Å². The van der Waals surface area contributed by atoms with Gasteiger partial charge in [0.1, 0.15) is 5.75 Å². The van der Waals surface area contributed by atoms with E-state index >= 15 is 0 Å². The second-order valence-corrected chi connectivity index (χ2v) is 3.53. The summed E-state index contributed by atoms with van der Waals surface area (Å²) in [5.41, 5.74) is 0.217. The van der Waals surface area contributed by atoms with Gasteiger partial charge in [0.05, 0.1) is 5.56 Å². The molecule has 84 valence electrons. The van der Waals surface area contributed by atoms with E-state index in [1.165, 1.54) is 12.1 Å². The van der Waals surface area contributed by atoms with Gasteiger partial charge in [-0.1, -0.05) is 11.6 Å². The van der Waals surface area contributed by atoms with Crippen molar-refractivity contribution in [1.29, 1.82) is 0 Å². The van der Waals surface area contributed by atoms with Crippen molar-refractivity contribution in [3.63, 3.8) is 0 Å². The molecule has 1 amide bonds. The monoisotopic (exact) mass is 237 g/mol. The summed E-state index contributed by atoms with van der Waals surface area (Å²) in [6.07, 6.45) is 0.594. The average molecular weight is 238 g/mol. The summed E-state index contributed by atoms with van der Waals surface area (Å²) >= 11 is 5.66. The predicted molar refractivity (Wildman–Crippen MR) is 63.5 cm³/mol. The van der Waals surface area contributed by atoms with Crippen molar-refractivity contribution >= 4 is 17.5 Å². The highest BCUT2D eigenvalue weighted by Crippen LogP contribution is 2.21. The van der Waals surface area contributed by atoms with Crippen molar-refractivity contribution in [2.75, 3.05) is 6.54 Å². The maximum atomic E-state index is 11.6. The van der Waals surface area contributed by atoms with Crippen LogP contribution in [0, 0.1) is 11.8 Å². The Kier molecular flexibility index (Phi) is 4.68. The molecule has 0 unspecified atom stereocenters. The minimum atomic E-state index is -0.327. The zero-order valence-corrected chi connectivity index (χ0v) is 9.64. The van der Waals surface area contributed by atoms with Crippen molar-refractivity contribution in [3.05, 3.63) is 28.8 Å². The standard InChI is InChI=1S/C12H12ClNO2/c1-2-3-4-7-14-12(16)10-6-5-9(13)8-11(10)15/h5-6,8,15H,4,7H2,1H3,(H,14,16). The Morgan fingerprint density at radius 3 is 2.94 bits per heavy atom. The molecule has 0 bridgehead atoms. The number of nitrogens with one attached hydrogen (secondary N) is 1. The van der Waals surface area contributed by atoms with E-state index in [4.69, 9.17) is 11.6 Å². The number of phenols is 1. The zero-order chi connectivity index (χ0) is 12.0. The van der Waals surface area contributed by atoms with Crippen LogP contribution in [0.25, 0.3) is 0 Å². The Morgan fingerprint density at radius 2 is 2.31 bits per heavy atom. The first-order chi connectivity index (χ1) is 7.65. The van der Waals surface area contributed by atoms with Gasteiger partial charge in [0.15, 0.2) is 0 Å². The lowest BCUT2D eigenvalue weighted by Gasteiger charge is -2.05. The average Bonchev–Trinajstić information content (AvgIpc) is 2.24. The van der Waals surface area contributed by atoms with Gasteiger partial charge in [0.25, 0.3) is 5.91 Å². The molecule has 1 aromatic rings. The molecule has 4 heteroatoms. The minimum Gasteiger partial charge on any atom is -0.507 e. The Morgan fingerprint density at radius 1 is 1.56 bits per heavy atom. The van der Waals surface area contributed by atoms with Gasteiger partial charge in [-0.25, -0.2) is 0 Å².